The lowest BCUT2D eigenvalue weighted by molar-refractivity contribution is -0.131. The van der Waals surface area contributed by atoms with Crippen LogP contribution in [0.2, 0.25) is 0 Å². The van der Waals surface area contributed by atoms with E-state index in [2.05, 4.69) is 0 Å². The summed E-state index contributed by atoms with van der Waals surface area (Å²) in [5.74, 6) is -2.43. The van der Waals surface area contributed by atoms with Crippen LogP contribution in [0.5, 0.6) is 0 Å². The Labute approximate surface area is 94.2 Å². The van der Waals surface area contributed by atoms with Crippen LogP contribution in [0.4, 0.5) is 17.6 Å². The molecule has 0 amide bonds. The van der Waals surface area contributed by atoms with Gasteiger partial charge in [0.1, 0.15) is 5.82 Å². The van der Waals surface area contributed by atoms with Gasteiger partial charge in [0, 0.05) is 11.6 Å². The van der Waals surface area contributed by atoms with E-state index in [4.69, 9.17) is 5.11 Å². The van der Waals surface area contributed by atoms with E-state index >= 15 is 0 Å². The molecule has 1 rings (SSSR count). The summed E-state index contributed by atoms with van der Waals surface area (Å²) in [6, 6.07) is 4.73. The Morgan fingerprint density at radius 1 is 1.29 bits per heavy atom. The SMILES string of the molecule is O=C(O)/C=C(\CC(F)(F)F)c1ccccc1F. The normalized spacial score (nSPS) is 12.6. The Balaban J connectivity index is 3.17. The molecule has 0 aliphatic rings. The molecule has 0 aliphatic heterocycles. The van der Waals surface area contributed by atoms with Crippen molar-refractivity contribution in [2.24, 2.45) is 0 Å². The molecule has 1 N–H and O–H groups in total. The second kappa shape index (κ2) is 4.99. The molecule has 2 nitrogen and oxygen atoms in total. The fraction of sp³-hybridized carbons (Fsp3) is 0.182. The van der Waals surface area contributed by atoms with Crippen molar-refractivity contribution in [1.29, 1.82) is 0 Å². The lowest BCUT2D eigenvalue weighted by Crippen LogP contribution is -2.10. The Kier molecular flexibility index (Phi) is 3.88. The molecule has 6 heteroatoms. The molecule has 0 unspecified atom stereocenters. The number of alkyl halides is 3. The molecule has 17 heavy (non-hydrogen) atoms. The lowest BCUT2D eigenvalue weighted by Gasteiger charge is -2.11. The smallest absolute Gasteiger partial charge is 0.393 e. The molecule has 1 aromatic carbocycles. The summed E-state index contributed by atoms with van der Waals surface area (Å²) in [7, 11) is 0. The maximum atomic E-state index is 13.3. The van der Waals surface area contributed by atoms with Crippen LogP contribution >= 0.6 is 0 Å². The molecular weight excluding hydrogens is 240 g/mol. The second-order valence-corrected chi connectivity index (χ2v) is 3.28. The first kappa shape index (κ1) is 13.2. The molecular formula is C11H8F4O2. The molecule has 0 radical (unpaired) electrons. The number of carboxylic acids is 1. The minimum atomic E-state index is -4.59. The molecule has 0 aromatic heterocycles. The molecule has 0 fully saturated rings. The van der Waals surface area contributed by atoms with Crippen LogP contribution in [0.25, 0.3) is 5.57 Å². The highest BCUT2D eigenvalue weighted by Crippen LogP contribution is 2.31. The number of carboxylic acid groups (broad SMARTS) is 1. The van der Waals surface area contributed by atoms with Crippen LogP contribution in [-0.2, 0) is 4.79 Å². The first-order chi connectivity index (χ1) is 7.79. The third-order valence-corrected chi connectivity index (χ3v) is 1.91. The number of aliphatic carboxylic acids is 1. The zero-order valence-corrected chi connectivity index (χ0v) is 8.46. The van der Waals surface area contributed by atoms with E-state index < -0.39 is 30.0 Å². The lowest BCUT2D eigenvalue weighted by atomic mass is 10.0. The summed E-state index contributed by atoms with van der Waals surface area (Å²) in [6.45, 7) is 0. The Morgan fingerprint density at radius 3 is 2.35 bits per heavy atom. The zero-order valence-electron chi connectivity index (χ0n) is 8.46. The van der Waals surface area contributed by atoms with Gasteiger partial charge >= 0.3 is 12.1 Å². The van der Waals surface area contributed by atoms with Gasteiger partial charge in [-0.1, -0.05) is 18.2 Å². The Hall–Kier alpha value is -1.85. The van der Waals surface area contributed by atoms with Crippen LogP contribution in [-0.4, -0.2) is 17.3 Å². The summed E-state index contributed by atoms with van der Waals surface area (Å²) in [4.78, 5) is 10.4. The van der Waals surface area contributed by atoms with Gasteiger partial charge in [-0.15, -0.1) is 0 Å². The number of halogens is 4. The van der Waals surface area contributed by atoms with Gasteiger partial charge in [-0.3, -0.25) is 0 Å². The van der Waals surface area contributed by atoms with Gasteiger partial charge in [-0.2, -0.15) is 13.2 Å². The molecule has 0 spiro atoms. The van der Waals surface area contributed by atoms with Crippen LogP contribution < -0.4 is 0 Å². The average molecular weight is 248 g/mol. The Morgan fingerprint density at radius 2 is 1.88 bits per heavy atom. The topological polar surface area (TPSA) is 37.3 Å². The third kappa shape index (κ3) is 4.26. The minimum absolute atomic E-state index is 0.354. The number of rotatable bonds is 3. The quantitative estimate of drug-likeness (QED) is 0.658. The van der Waals surface area contributed by atoms with Gasteiger partial charge in [-0.25, -0.2) is 9.18 Å². The van der Waals surface area contributed by atoms with Crippen molar-refractivity contribution in [3.8, 4) is 0 Å². The van der Waals surface area contributed by atoms with Gasteiger partial charge in [0.05, 0.1) is 6.42 Å². The van der Waals surface area contributed by atoms with E-state index in [0.717, 1.165) is 12.1 Å². The number of carbonyl (C=O) groups is 1. The molecule has 1 aromatic rings. The minimum Gasteiger partial charge on any atom is -0.478 e. The van der Waals surface area contributed by atoms with Crippen molar-refractivity contribution in [1.82, 2.24) is 0 Å². The summed E-state index contributed by atoms with van der Waals surface area (Å²) in [5.41, 5.74) is -0.963. The molecule has 0 saturated carbocycles. The van der Waals surface area contributed by atoms with Crippen LogP contribution in [0.1, 0.15) is 12.0 Å². The van der Waals surface area contributed by atoms with Gasteiger partial charge in [0.15, 0.2) is 0 Å². The summed E-state index contributed by atoms with van der Waals surface area (Å²) in [6.07, 6.45) is -5.71. The van der Waals surface area contributed by atoms with E-state index in [-0.39, 0.29) is 5.56 Å². The molecule has 0 aliphatic carbocycles. The number of hydrogen-bond donors (Lipinski definition) is 1. The highest BCUT2D eigenvalue weighted by molar-refractivity contribution is 5.90. The van der Waals surface area contributed by atoms with E-state index in [1.165, 1.54) is 12.1 Å². The predicted octanol–water partition coefficient (Wildman–Crippen LogP) is 3.25. The number of benzene rings is 1. The largest absolute Gasteiger partial charge is 0.478 e. The first-order valence-electron chi connectivity index (χ1n) is 4.55. The second-order valence-electron chi connectivity index (χ2n) is 3.28. The summed E-state index contributed by atoms with van der Waals surface area (Å²) >= 11 is 0. The molecule has 92 valence electrons. The monoisotopic (exact) mass is 248 g/mol. The first-order valence-corrected chi connectivity index (χ1v) is 4.55. The van der Waals surface area contributed by atoms with Crippen LogP contribution in [0.15, 0.2) is 30.3 Å². The molecule has 0 bridgehead atoms. The van der Waals surface area contributed by atoms with E-state index in [1.54, 1.807) is 0 Å². The highest BCUT2D eigenvalue weighted by atomic mass is 19.4. The fourth-order valence-corrected chi connectivity index (χ4v) is 1.31. The van der Waals surface area contributed by atoms with Crippen molar-refractivity contribution in [2.75, 3.05) is 0 Å². The van der Waals surface area contributed by atoms with E-state index in [9.17, 15) is 22.4 Å². The highest BCUT2D eigenvalue weighted by Gasteiger charge is 2.30. The third-order valence-electron chi connectivity index (χ3n) is 1.91. The molecule has 0 atom stereocenters. The van der Waals surface area contributed by atoms with Crippen molar-refractivity contribution in [3.05, 3.63) is 41.7 Å². The number of allylic oxidation sites excluding steroid dienone is 1. The Bertz CT molecular complexity index is 449. The van der Waals surface area contributed by atoms with Crippen molar-refractivity contribution >= 4 is 11.5 Å². The average Bonchev–Trinajstić information content (AvgIpc) is 2.14. The van der Waals surface area contributed by atoms with Crippen LogP contribution in [0.3, 0.4) is 0 Å². The van der Waals surface area contributed by atoms with Gasteiger partial charge in [0.2, 0.25) is 0 Å². The maximum absolute atomic E-state index is 13.3. The van der Waals surface area contributed by atoms with Gasteiger partial charge < -0.3 is 5.11 Å². The van der Waals surface area contributed by atoms with Gasteiger partial charge in [-0.05, 0) is 11.6 Å². The number of hydrogen-bond acceptors (Lipinski definition) is 1. The molecule has 0 heterocycles. The standard InChI is InChI=1S/C11H8F4O2/c12-9-4-2-1-3-8(9)7(5-10(16)17)6-11(13,14)15/h1-5H,6H2,(H,16,17)/b7-5+. The van der Waals surface area contributed by atoms with Crippen molar-refractivity contribution < 1.29 is 27.5 Å². The van der Waals surface area contributed by atoms with Crippen molar-refractivity contribution in [2.45, 2.75) is 12.6 Å². The van der Waals surface area contributed by atoms with Crippen molar-refractivity contribution in [3.63, 3.8) is 0 Å². The zero-order chi connectivity index (χ0) is 13.1. The van der Waals surface area contributed by atoms with Gasteiger partial charge in [0.25, 0.3) is 0 Å². The van der Waals surface area contributed by atoms with E-state index in [0.29, 0.717) is 6.08 Å². The summed E-state index contributed by atoms with van der Waals surface area (Å²) in [5, 5.41) is 8.47. The van der Waals surface area contributed by atoms with E-state index in [1.807, 2.05) is 0 Å². The van der Waals surface area contributed by atoms with Crippen LogP contribution in [0, 0.1) is 5.82 Å². The maximum Gasteiger partial charge on any atom is 0.393 e. The fourth-order valence-electron chi connectivity index (χ4n) is 1.31. The predicted molar refractivity (Wildman–Crippen MR) is 52.7 cm³/mol. The molecule has 0 saturated heterocycles. The summed E-state index contributed by atoms with van der Waals surface area (Å²) < 4.78 is 49.9.